The molecule has 1 amide bonds. The predicted octanol–water partition coefficient (Wildman–Crippen LogP) is 3.14. The molecule has 1 fully saturated rings. The van der Waals surface area contributed by atoms with Gasteiger partial charge in [0, 0.05) is 23.5 Å². The summed E-state index contributed by atoms with van der Waals surface area (Å²) in [6.07, 6.45) is 0. The molecule has 1 aromatic carbocycles. The van der Waals surface area contributed by atoms with Crippen LogP contribution in [0.3, 0.4) is 0 Å². The van der Waals surface area contributed by atoms with Crippen LogP contribution in [-0.4, -0.2) is 35.1 Å². The Hall–Kier alpha value is -1.07. The average molecular weight is 297 g/mol. The van der Waals surface area contributed by atoms with Crippen LogP contribution in [0.2, 0.25) is 0 Å². The number of morpholine rings is 1. The maximum absolute atomic E-state index is 13.2. The van der Waals surface area contributed by atoms with Crippen molar-refractivity contribution in [3.05, 3.63) is 29.6 Å². The van der Waals surface area contributed by atoms with Gasteiger partial charge in [-0.3, -0.25) is 4.79 Å². The van der Waals surface area contributed by atoms with E-state index in [1.54, 1.807) is 4.90 Å². The molecule has 0 atom stereocenters. The smallest absolute Gasteiger partial charge is 0.254 e. The fourth-order valence-electron chi connectivity index (χ4n) is 2.76. The number of nitrogens with zero attached hydrogens (tertiary/aromatic N) is 1. The van der Waals surface area contributed by atoms with Crippen molar-refractivity contribution in [1.82, 2.24) is 4.90 Å². The Kier molecular flexibility index (Phi) is 3.86. The Labute approximate surface area is 124 Å². The van der Waals surface area contributed by atoms with Crippen LogP contribution in [0, 0.1) is 5.82 Å². The molecule has 3 nitrogen and oxygen atoms in total. The molecule has 0 unspecified atom stereocenters. The van der Waals surface area contributed by atoms with Gasteiger partial charge in [0.05, 0.1) is 11.2 Å². The Bertz CT molecular complexity index is 527. The first-order valence-electron chi connectivity index (χ1n) is 6.58. The minimum absolute atomic E-state index is 0.121. The number of ether oxygens (including phenoxy) is 1. The fourth-order valence-corrected chi connectivity index (χ4v) is 2.97. The maximum atomic E-state index is 13.2. The minimum atomic E-state index is -0.424. The number of carbonyl (C=O) groups is 1. The molecule has 0 aliphatic carbocycles. The third kappa shape index (κ3) is 3.33. The van der Waals surface area contributed by atoms with Gasteiger partial charge in [0.15, 0.2) is 0 Å². The quantitative estimate of drug-likeness (QED) is 0.807. The summed E-state index contributed by atoms with van der Waals surface area (Å²) in [4.78, 5) is 14.5. The van der Waals surface area contributed by atoms with Gasteiger partial charge < -0.3 is 9.64 Å². The molecular formula is C15H20FNO2S. The lowest BCUT2D eigenvalue weighted by Crippen LogP contribution is -2.58. The Balaban J connectivity index is 2.26. The van der Waals surface area contributed by atoms with E-state index in [1.807, 2.05) is 27.7 Å². The van der Waals surface area contributed by atoms with E-state index in [-0.39, 0.29) is 10.8 Å². The molecule has 110 valence electrons. The number of amides is 1. The SMILES string of the molecule is CC1(C)CN(C(=O)c2ccc(F)c(S)c2)CC(C)(C)O1. The summed E-state index contributed by atoms with van der Waals surface area (Å²) in [6, 6.07) is 4.23. The van der Waals surface area contributed by atoms with Gasteiger partial charge >= 0.3 is 0 Å². The summed E-state index contributed by atoms with van der Waals surface area (Å²) in [5, 5.41) is 0. The van der Waals surface area contributed by atoms with E-state index >= 15 is 0 Å². The summed E-state index contributed by atoms with van der Waals surface area (Å²) in [5.41, 5.74) is -0.354. The van der Waals surface area contributed by atoms with Crippen molar-refractivity contribution < 1.29 is 13.9 Å². The molecule has 20 heavy (non-hydrogen) atoms. The number of hydrogen-bond acceptors (Lipinski definition) is 3. The van der Waals surface area contributed by atoms with Crippen LogP contribution in [0.15, 0.2) is 23.1 Å². The zero-order chi connectivity index (χ0) is 15.1. The molecule has 0 saturated carbocycles. The Morgan fingerprint density at radius 1 is 1.25 bits per heavy atom. The summed E-state index contributed by atoms with van der Waals surface area (Å²) < 4.78 is 19.2. The molecule has 2 rings (SSSR count). The number of hydrogen-bond donors (Lipinski definition) is 1. The normalized spacial score (nSPS) is 20.8. The molecule has 0 bridgehead atoms. The lowest BCUT2D eigenvalue weighted by molar-refractivity contribution is -0.171. The standard InChI is InChI=1S/C15H20FNO2S/c1-14(2)8-17(9-15(3,4)19-14)13(18)10-5-6-11(16)12(20)7-10/h5-7,20H,8-9H2,1-4H3. The largest absolute Gasteiger partial charge is 0.366 e. The van der Waals surface area contributed by atoms with Crippen molar-refractivity contribution in [3.8, 4) is 0 Å². The first kappa shape index (κ1) is 15.3. The Morgan fingerprint density at radius 3 is 2.30 bits per heavy atom. The molecule has 0 aromatic heterocycles. The monoisotopic (exact) mass is 297 g/mol. The van der Waals surface area contributed by atoms with Crippen LogP contribution in [0.1, 0.15) is 38.1 Å². The predicted molar refractivity (Wildman–Crippen MR) is 78.8 cm³/mol. The van der Waals surface area contributed by atoms with Crippen molar-refractivity contribution in [1.29, 1.82) is 0 Å². The first-order chi connectivity index (χ1) is 9.10. The van der Waals surface area contributed by atoms with Gasteiger partial charge in [-0.25, -0.2) is 4.39 Å². The second kappa shape index (κ2) is 5.04. The van der Waals surface area contributed by atoms with Gasteiger partial charge in [0.25, 0.3) is 5.91 Å². The minimum Gasteiger partial charge on any atom is -0.366 e. The van der Waals surface area contributed by atoms with Gasteiger partial charge in [-0.15, -0.1) is 12.6 Å². The fraction of sp³-hybridized carbons (Fsp3) is 0.533. The average Bonchev–Trinajstić information content (AvgIpc) is 2.27. The first-order valence-corrected chi connectivity index (χ1v) is 7.02. The van der Waals surface area contributed by atoms with Crippen LogP contribution in [-0.2, 0) is 4.74 Å². The second-order valence-corrected chi connectivity index (χ2v) is 6.93. The topological polar surface area (TPSA) is 29.5 Å². The molecule has 1 saturated heterocycles. The van der Waals surface area contributed by atoms with Crippen LogP contribution in [0.4, 0.5) is 4.39 Å². The van der Waals surface area contributed by atoms with Crippen LogP contribution in [0.5, 0.6) is 0 Å². The molecule has 1 aromatic rings. The molecule has 1 aliphatic rings. The van der Waals surface area contributed by atoms with E-state index in [2.05, 4.69) is 12.6 Å². The van der Waals surface area contributed by atoms with E-state index in [1.165, 1.54) is 18.2 Å². The number of rotatable bonds is 1. The van der Waals surface area contributed by atoms with Gasteiger partial charge in [-0.2, -0.15) is 0 Å². The number of benzene rings is 1. The van der Waals surface area contributed by atoms with Crippen LogP contribution >= 0.6 is 12.6 Å². The number of thiol groups is 1. The molecular weight excluding hydrogens is 277 g/mol. The van der Waals surface area contributed by atoms with Crippen LogP contribution < -0.4 is 0 Å². The van der Waals surface area contributed by atoms with E-state index in [0.717, 1.165) is 0 Å². The Morgan fingerprint density at radius 2 is 1.80 bits per heavy atom. The number of halogens is 1. The highest BCUT2D eigenvalue weighted by Crippen LogP contribution is 2.29. The van der Waals surface area contributed by atoms with Gasteiger partial charge in [0.1, 0.15) is 5.82 Å². The summed E-state index contributed by atoms with van der Waals surface area (Å²) in [5.74, 6) is -0.544. The van der Waals surface area contributed by atoms with E-state index in [9.17, 15) is 9.18 Å². The van der Waals surface area contributed by atoms with E-state index in [4.69, 9.17) is 4.74 Å². The molecule has 0 radical (unpaired) electrons. The van der Waals surface area contributed by atoms with E-state index in [0.29, 0.717) is 18.7 Å². The third-order valence-electron chi connectivity index (χ3n) is 3.18. The van der Waals surface area contributed by atoms with Crippen molar-refractivity contribution >= 4 is 18.5 Å². The molecule has 1 heterocycles. The summed E-state index contributed by atoms with van der Waals surface area (Å²) in [7, 11) is 0. The third-order valence-corrected chi connectivity index (χ3v) is 3.52. The lowest BCUT2D eigenvalue weighted by atomic mass is 9.98. The zero-order valence-electron chi connectivity index (χ0n) is 12.2. The van der Waals surface area contributed by atoms with Gasteiger partial charge in [-0.1, -0.05) is 0 Å². The lowest BCUT2D eigenvalue weighted by Gasteiger charge is -2.47. The molecule has 0 spiro atoms. The molecule has 0 N–H and O–H groups in total. The summed E-state index contributed by atoms with van der Waals surface area (Å²) in [6.45, 7) is 8.86. The molecule has 1 aliphatic heterocycles. The summed E-state index contributed by atoms with van der Waals surface area (Å²) >= 11 is 4.02. The van der Waals surface area contributed by atoms with Crippen molar-refractivity contribution in [2.75, 3.05) is 13.1 Å². The van der Waals surface area contributed by atoms with Gasteiger partial charge in [-0.05, 0) is 45.9 Å². The van der Waals surface area contributed by atoms with Crippen molar-refractivity contribution in [2.45, 2.75) is 43.8 Å². The highest BCUT2D eigenvalue weighted by molar-refractivity contribution is 7.80. The van der Waals surface area contributed by atoms with Crippen molar-refractivity contribution in [3.63, 3.8) is 0 Å². The van der Waals surface area contributed by atoms with E-state index < -0.39 is 17.0 Å². The second-order valence-electron chi connectivity index (χ2n) is 6.45. The maximum Gasteiger partial charge on any atom is 0.254 e. The van der Waals surface area contributed by atoms with Crippen LogP contribution in [0.25, 0.3) is 0 Å². The van der Waals surface area contributed by atoms with Crippen molar-refractivity contribution in [2.24, 2.45) is 0 Å². The van der Waals surface area contributed by atoms with Gasteiger partial charge in [0.2, 0.25) is 0 Å². The number of carbonyl (C=O) groups excluding carboxylic acids is 1. The zero-order valence-corrected chi connectivity index (χ0v) is 13.1. The highest BCUT2D eigenvalue weighted by atomic mass is 32.1. The molecule has 5 heteroatoms. The highest BCUT2D eigenvalue weighted by Gasteiger charge is 2.40.